The van der Waals surface area contributed by atoms with Gasteiger partial charge in [0.05, 0.1) is 12.7 Å². The number of ketones is 1. The number of hydrogen-bond acceptors (Lipinski definition) is 3. The van der Waals surface area contributed by atoms with Crippen LogP contribution in [0.3, 0.4) is 0 Å². The summed E-state index contributed by atoms with van der Waals surface area (Å²) in [6.45, 7) is 0. The molecule has 98 valence electrons. The van der Waals surface area contributed by atoms with Crippen molar-refractivity contribution in [1.29, 1.82) is 0 Å². The van der Waals surface area contributed by atoms with Crippen molar-refractivity contribution in [3.05, 3.63) is 34.3 Å². The van der Waals surface area contributed by atoms with Gasteiger partial charge in [-0.15, -0.1) is 0 Å². The van der Waals surface area contributed by atoms with Crippen LogP contribution in [-0.2, 0) is 26.9 Å². The van der Waals surface area contributed by atoms with Crippen LogP contribution in [0.4, 0.5) is 13.2 Å². The van der Waals surface area contributed by atoms with Crippen molar-refractivity contribution < 1.29 is 27.5 Å². The average molecular weight is 281 g/mol. The number of benzene rings is 1. The Morgan fingerprint density at radius 1 is 1.33 bits per heavy atom. The molecule has 0 N–H and O–H groups in total. The Morgan fingerprint density at radius 2 is 1.94 bits per heavy atom. The fraction of sp³-hybridized carbons (Fsp3) is 0.273. The first-order valence-electron chi connectivity index (χ1n) is 4.73. The van der Waals surface area contributed by atoms with Gasteiger partial charge in [-0.3, -0.25) is 4.79 Å². The maximum atomic E-state index is 12.7. The van der Waals surface area contributed by atoms with Crippen LogP contribution in [-0.4, -0.2) is 18.9 Å². The van der Waals surface area contributed by atoms with Gasteiger partial charge in [-0.1, -0.05) is 17.7 Å². The smallest absolute Gasteiger partial charge is 0.416 e. The summed E-state index contributed by atoms with van der Waals surface area (Å²) < 4.78 is 42.2. The number of halogens is 4. The number of ether oxygens (including phenoxy) is 1. The lowest BCUT2D eigenvalue weighted by Crippen LogP contribution is -2.20. The standard InChI is InChI=1S/C11H8ClF3O3/c1-18-10(17)9(16)5-6-7(11(13,14)15)3-2-4-8(6)12/h2-4H,5H2,1H3. The second-order valence-corrected chi connectivity index (χ2v) is 3.76. The summed E-state index contributed by atoms with van der Waals surface area (Å²) in [5.74, 6) is -2.29. The van der Waals surface area contributed by atoms with Gasteiger partial charge in [0.1, 0.15) is 0 Å². The van der Waals surface area contributed by atoms with Crippen LogP contribution in [0.2, 0.25) is 5.02 Å². The third-order valence-corrected chi connectivity index (χ3v) is 2.53. The summed E-state index contributed by atoms with van der Waals surface area (Å²) in [6, 6.07) is 3.14. The van der Waals surface area contributed by atoms with Crippen molar-refractivity contribution in [1.82, 2.24) is 0 Å². The molecule has 0 saturated heterocycles. The quantitative estimate of drug-likeness (QED) is 0.631. The van der Waals surface area contributed by atoms with E-state index in [4.69, 9.17) is 11.6 Å². The molecule has 0 aliphatic rings. The molecule has 1 aromatic rings. The molecule has 3 nitrogen and oxygen atoms in total. The summed E-state index contributed by atoms with van der Waals surface area (Å²) in [5, 5.41) is -0.220. The maximum Gasteiger partial charge on any atom is 0.416 e. The number of Topliss-reactive ketones (excluding diaryl/α,β-unsaturated/α-hetero) is 1. The molecule has 0 atom stereocenters. The van der Waals surface area contributed by atoms with Gasteiger partial charge in [0, 0.05) is 11.4 Å². The van der Waals surface area contributed by atoms with Crippen molar-refractivity contribution in [2.45, 2.75) is 12.6 Å². The van der Waals surface area contributed by atoms with Crippen molar-refractivity contribution in [2.75, 3.05) is 7.11 Å². The summed E-state index contributed by atoms with van der Waals surface area (Å²) >= 11 is 5.62. The van der Waals surface area contributed by atoms with Crippen LogP contribution >= 0.6 is 11.6 Å². The third kappa shape index (κ3) is 3.22. The molecule has 0 radical (unpaired) electrons. The van der Waals surface area contributed by atoms with E-state index >= 15 is 0 Å². The van der Waals surface area contributed by atoms with Crippen LogP contribution in [0.15, 0.2) is 18.2 Å². The first kappa shape index (κ1) is 14.5. The van der Waals surface area contributed by atoms with Crippen LogP contribution < -0.4 is 0 Å². The Kier molecular flexibility index (Phi) is 4.34. The first-order chi connectivity index (χ1) is 8.27. The molecule has 0 aromatic heterocycles. The molecule has 0 aliphatic heterocycles. The number of esters is 1. The van der Waals surface area contributed by atoms with E-state index in [2.05, 4.69) is 4.74 Å². The molecule has 18 heavy (non-hydrogen) atoms. The molecule has 0 saturated carbocycles. The Hall–Kier alpha value is -1.56. The largest absolute Gasteiger partial charge is 0.463 e. The van der Waals surface area contributed by atoms with E-state index in [1.807, 2.05) is 0 Å². The Bertz CT molecular complexity index is 483. The molecule has 7 heteroatoms. The zero-order valence-corrected chi connectivity index (χ0v) is 9.93. The molecule has 0 bridgehead atoms. The van der Waals surface area contributed by atoms with E-state index in [1.54, 1.807) is 0 Å². The Morgan fingerprint density at radius 3 is 2.44 bits per heavy atom. The lowest BCUT2D eigenvalue weighted by molar-refractivity contribution is -0.151. The van der Waals surface area contributed by atoms with Crippen molar-refractivity contribution >= 4 is 23.4 Å². The number of alkyl halides is 3. The highest BCUT2D eigenvalue weighted by atomic mass is 35.5. The van der Waals surface area contributed by atoms with E-state index in [0.717, 1.165) is 19.2 Å². The number of rotatable bonds is 3. The highest BCUT2D eigenvalue weighted by molar-refractivity contribution is 6.35. The molecule has 0 fully saturated rings. The van der Waals surface area contributed by atoms with Gasteiger partial charge in [0.2, 0.25) is 5.78 Å². The minimum atomic E-state index is -4.64. The predicted molar refractivity (Wildman–Crippen MR) is 57.2 cm³/mol. The van der Waals surface area contributed by atoms with Crippen molar-refractivity contribution in [2.24, 2.45) is 0 Å². The highest BCUT2D eigenvalue weighted by Gasteiger charge is 2.35. The van der Waals surface area contributed by atoms with E-state index in [0.29, 0.717) is 0 Å². The summed E-state index contributed by atoms with van der Waals surface area (Å²) in [6.07, 6.45) is -5.39. The molecule has 0 heterocycles. The van der Waals surface area contributed by atoms with E-state index in [1.165, 1.54) is 6.07 Å². The van der Waals surface area contributed by atoms with Gasteiger partial charge in [-0.2, -0.15) is 13.2 Å². The van der Waals surface area contributed by atoms with Crippen LogP contribution in [0.1, 0.15) is 11.1 Å². The second-order valence-electron chi connectivity index (χ2n) is 3.36. The normalized spacial score (nSPS) is 11.2. The number of hydrogen-bond donors (Lipinski definition) is 0. The monoisotopic (exact) mass is 280 g/mol. The molecule has 0 aliphatic carbocycles. The number of carbonyl (C=O) groups is 2. The molecular formula is C11H8ClF3O3. The maximum absolute atomic E-state index is 12.7. The average Bonchev–Trinajstić information content (AvgIpc) is 2.29. The topological polar surface area (TPSA) is 43.4 Å². The minimum absolute atomic E-state index is 0.220. The number of methoxy groups -OCH3 is 1. The van der Waals surface area contributed by atoms with Gasteiger partial charge in [0.25, 0.3) is 0 Å². The van der Waals surface area contributed by atoms with Gasteiger partial charge >= 0.3 is 12.1 Å². The lowest BCUT2D eigenvalue weighted by Gasteiger charge is -2.13. The van der Waals surface area contributed by atoms with Crippen LogP contribution in [0, 0.1) is 0 Å². The summed E-state index contributed by atoms with van der Waals surface area (Å²) in [5.41, 5.74) is -1.46. The fourth-order valence-electron chi connectivity index (χ4n) is 1.35. The predicted octanol–water partition coefficient (Wildman–Crippen LogP) is 2.64. The van der Waals surface area contributed by atoms with Gasteiger partial charge in [-0.05, 0) is 17.7 Å². The lowest BCUT2D eigenvalue weighted by atomic mass is 10.0. The second kappa shape index (κ2) is 5.39. The van der Waals surface area contributed by atoms with Crippen molar-refractivity contribution in [3.8, 4) is 0 Å². The molecule has 0 amide bonds. The minimum Gasteiger partial charge on any atom is -0.463 e. The van der Waals surface area contributed by atoms with Crippen molar-refractivity contribution in [3.63, 3.8) is 0 Å². The highest BCUT2D eigenvalue weighted by Crippen LogP contribution is 2.35. The van der Waals surface area contributed by atoms with Crippen LogP contribution in [0.25, 0.3) is 0 Å². The SMILES string of the molecule is COC(=O)C(=O)Cc1c(Cl)cccc1C(F)(F)F. The molecule has 1 rings (SSSR count). The molecule has 0 spiro atoms. The number of carbonyl (C=O) groups excluding carboxylic acids is 2. The molecule has 0 unspecified atom stereocenters. The van der Waals surface area contributed by atoms with Gasteiger partial charge in [0.15, 0.2) is 0 Å². The van der Waals surface area contributed by atoms with Crippen LogP contribution in [0.5, 0.6) is 0 Å². The zero-order valence-electron chi connectivity index (χ0n) is 9.18. The molecular weight excluding hydrogens is 273 g/mol. The Labute approximate surface area is 105 Å². The van der Waals surface area contributed by atoms with E-state index < -0.39 is 35.5 Å². The third-order valence-electron chi connectivity index (χ3n) is 2.17. The summed E-state index contributed by atoms with van der Waals surface area (Å²) in [4.78, 5) is 22.2. The Balaban J connectivity index is 3.16. The van der Waals surface area contributed by atoms with Gasteiger partial charge < -0.3 is 4.74 Å². The first-order valence-corrected chi connectivity index (χ1v) is 5.11. The fourth-order valence-corrected chi connectivity index (χ4v) is 1.59. The van der Waals surface area contributed by atoms with E-state index in [9.17, 15) is 22.8 Å². The summed E-state index contributed by atoms with van der Waals surface area (Å²) in [7, 11) is 0.970. The zero-order chi connectivity index (χ0) is 13.9. The van der Waals surface area contributed by atoms with Gasteiger partial charge in [-0.25, -0.2) is 4.79 Å². The molecule has 1 aromatic carbocycles. The van der Waals surface area contributed by atoms with E-state index in [-0.39, 0.29) is 5.02 Å².